The van der Waals surface area contributed by atoms with Crippen molar-refractivity contribution in [1.29, 1.82) is 0 Å². The number of carbonyl (C=O) groups excluding carboxylic acids is 1. The first kappa shape index (κ1) is 16.8. The highest BCUT2D eigenvalue weighted by Crippen LogP contribution is 2.35. The Morgan fingerprint density at radius 1 is 1.20 bits per heavy atom. The first-order valence-electron chi connectivity index (χ1n) is 5.54. The summed E-state index contributed by atoms with van der Waals surface area (Å²) < 4.78 is 0. The van der Waals surface area contributed by atoms with Crippen LogP contribution in [-0.2, 0) is 4.79 Å². The van der Waals surface area contributed by atoms with E-state index in [-0.39, 0.29) is 6.41 Å². The lowest BCUT2D eigenvalue weighted by Gasteiger charge is -2.34. The molecule has 1 amide bonds. The van der Waals surface area contributed by atoms with Crippen LogP contribution in [0.2, 0.25) is 0 Å². The van der Waals surface area contributed by atoms with Gasteiger partial charge < -0.3 is 11.1 Å². The zero-order chi connectivity index (χ0) is 12.5. The molecular formula is C12H28N2O. The maximum atomic E-state index is 8.58. The van der Waals surface area contributed by atoms with Gasteiger partial charge in [-0.1, -0.05) is 41.0 Å². The van der Waals surface area contributed by atoms with E-state index in [1.807, 2.05) is 7.05 Å². The highest BCUT2D eigenvalue weighted by Gasteiger charge is 2.26. The highest BCUT2D eigenvalue weighted by atomic mass is 16.1. The van der Waals surface area contributed by atoms with Crippen LogP contribution in [0.15, 0.2) is 0 Å². The fraction of sp³-hybridized carbons (Fsp3) is 0.917. The number of hydrogen-bond acceptors (Lipinski definition) is 2. The summed E-state index contributed by atoms with van der Waals surface area (Å²) in [4.78, 5) is 8.58. The van der Waals surface area contributed by atoms with Crippen molar-refractivity contribution in [2.45, 2.75) is 47.5 Å². The van der Waals surface area contributed by atoms with Gasteiger partial charge in [-0.15, -0.1) is 0 Å². The Kier molecular flexibility index (Phi) is 8.63. The van der Waals surface area contributed by atoms with Crippen molar-refractivity contribution >= 4 is 6.41 Å². The molecule has 0 aliphatic rings. The Morgan fingerprint density at radius 2 is 1.60 bits per heavy atom. The van der Waals surface area contributed by atoms with Gasteiger partial charge in [-0.05, 0) is 30.8 Å². The molecule has 0 rings (SSSR count). The van der Waals surface area contributed by atoms with E-state index in [2.05, 4.69) is 45.7 Å². The van der Waals surface area contributed by atoms with Gasteiger partial charge in [0, 0.05) is 0 Å². The van der Waals surface area contributed by atoms with Crippen LogP contribution in [0.5, 0.6) is 0 Å². The van der Waals surface area contributed by atoms with E-state index >= 15 is 0 Å². The summed E-state index contributed by atoms with van der Waals surface area (Å²) in [6.45, 7) is 12.8. The van der Waals surface area contributed by atoms with Gasteiger partial charge in [-0.25, -0.2) is 0 Å². The van der Waals surface area contributed by atoms with Crippen LogP contribution in [0.4, 0.5) is 0 Å². The summed E-state index contributed by atoms with van der Waals surface area (Å²) >= 11 is 0. The lowest BCUT2D eigenvalue weighted by molar-refractivity contribution is -0.106. The Labute approximate surface area is 94.8 Å². The summed E-state index contributed by atoms with van der Waals surface area (Å²) in [6.07, 6.45) is 2.80. The molecule has 3 nitrogen and oxygen atoms in total. The first-order chi connectivity index (χ1) is 6.74. The summed E-state index contributed by atoms with van der Waals surface area (Å²) in [7, 11) is 2.03. The van der Waals surface area contributed by atoms with Crippen LogP contribution < -0.4 is 11.1 Å². The number of nitrogens with two attached hydrogens (primary N) is 1. The molecule has 0 spiro atoms. The van der Waals surface area contributed by atoms with Crippen molar-refractivity contribution in [1.82, 2.24) is 5.32 Å². The third-order valence-electron chi connectivity index (χ3n) is 2.57. The quantitative estimate of drug-likeness (QED) is 0.692. The molecule has 0 saturated carbocycles. The normalized spacial score (nSPS) is 11.6. The van der Waals surface area contributed by atoms with Gasteiger partial charge >= 0.3 is 0 Å². The maximum Gasteiger partial charge on any atom is 0.204 e. The van der Waals surface area contributed by atoms with Gasteiger partial charge in [-0.2, -0.15) is 0 Å². The predicted molar refractivity (Wildman–Crippen MR) is 66.6 cm³/mol. The summed E-state index contributed by atoms with van der Waals surface area (Å²) in [5.74, 6) is 0. The average molecular weight is 216 g/mol. The zero-order valence-electron chi connectivity index (χ0n) is 11.2. The fourth-order valence-electron chi connectivity index (χ4n) is 1.96. The van der Waals surface area contributed by atoms with Gasteiger partial charge in [0.1, 0.15) is 0 Å². The fourth-order valence-corrected chi connectivity index (χ4v) is 1.96. The zero-order valence-corrected chi connectivity index (χ0v) is 11.2. The van der Waals surface area contributed by atoms with Gasteiger partial charge in [0.2, 0.25) is 6.41 Å². The van der Waals surface area contributed by atoms with Gasteiger partial charge in [0.25, 0.3) is 0 Å². The lowest BCUT2D eigenvalue weighted by Crippen LogP contribution is -2.31. The molecule has 0 bridgehead atoms. The molecule has 0 unspecified atom stereocenters. The number of primary amides is 1. The Hall–Kier alpha value is -0.570. The second-order valence-electron chi connectivity index (χ2n) is 5.53. The van der Waals surface area contributed by atoms with E-state index in [0.29, 0.717) is 10.8 Å². The minimum absolute atomic E-state index is 0.250. The molecule has 3 heteroatoms. The predicted octanol–water partition coefficient (Wildman–Crippen LogP) is 2.16. The standard InChI is InChI=1S/C11H25N.CH3NO/c1-7-10(2,3)8-11(4,5)9-12-6;2-1-3/h12H,7-9H2,1-6H3;1H,(H2,2,3). The molecule has 0 aliphatic carbocycles. The Balaban J connectivity index is 0. The molecule has 0 fully saturated rings. The van der Waals surface area contributed by atoms with E-state index in [4.69, 9.17) is 4.79 Å². The topological polar surface area (TPSA) is 55.1 Å². The molecule has 92 valence electrons. The number of carbonyl (C=O) groups is 1. The molecule has 0 aromatic heterocycles. The van der Waals surface area contributed by atoms with Crippen molar-refractivity contribution in [3.8, 4) is 0 Å². The third-order valence-corrected chi connectivity index (χ3v) is 2.57. The van der Waals surface area contributed by atoms with E-state index < -0.39 is 0 Å². The number of rotatable bonds is 5. The summed E-state index contributed by atoms with van der Waals surface area (Å²) in [5.41, 5.74) is 5.08. The van der Waals surface area contributed by atoms with Gasteiger partial charge in [0.05, 0.1) is 0 Å². The molecule has 0 aromatic rings. The van der Waals surface area contributed by atoms with Crippen LogP contribution in [0.3, 0.4) is 0 Å². The maximum absolute atomic E-state index is 8.58. The second-order valence-corrected chi connectivity index (χ2v) is 5.53. The SMILES string of the molecule is CCC(C)(C)CC(C)(C)CNC.NC=O. The summed E-state index contributed by atoms with van der Waals surface area (Å²) in [6, 6.07) is 0. The molecule has 3 N–H and O–H groups in total. The number of nitrogens with one attached hydrogen (secondary N) is 1. The smallest absolute Gasteiger partial charge is 0.204 e. The van der Waals surface area contributed by atoms with E-state index in [1.54, 1.807) is 0 Å². The van der Waals surface area contributed by atoms with Crippen LogP contribution in [0.25, 0.3) is 0 Å². The third kappa shape index (κ3) is 11.4. The van der Waals surface area contributed by atoms with Crippen molar-refractivity contribution in [2.75, 3.05) is 13.6 Å². The molecule has 0 aromatic carbocycles. The molecule has 0 heterocycles. The number of hydrogen-bond donors (Lipinski definition) is 2. The van der Waals surface area contributed by atoms with Crippen LogP contribution in [0.1, 0.15) is 47.5 Å². The lowest BCUT2D eigenvalue weighted by atomic mass is 9.74. The molecule has 0 atom stereocenters. The largest absolute Gasteiger partial charge is 0.372 e. The van der Waals surface area contributed by atoms with Crippen LogP contribution >= 0.6 is 0 Å². The second kappa shape index (κ2) is 7.69. The van der Waals surface area contributed by atoms with Gasteiger partial charge in [0.15, 0.2) is 0 Å². The molecule has 15 heavy (non-hydrogen) atoms. The molecule has 0 saturated heterocycles. The molecule has 0 radical (unpaired) electrons. The van der Waals surface area contributed by atoms with E-state index in [9.17, 15) is 0 Å². The first-order valence-corrected chi connectivity index (χ1v) is 5.54. The Bertz CT molecular complexity index is 165. The average Bonchev–Trinajstić information content (AvgIpc) is 2.03. The van der Waals surface area contributed by atoms with Crippen molar-refractivity contribution in [3.05, 3.63) is 0 Å². The van der Waals surface area contributed by atoms with Crippen LogP contribution in [0, 0.1) is 10.8 Å². The van der Waals surface area contributed by atoms with Crippen molar-refractivity contribution < 1.29 is 4.79 Å². The van der Waals surface area contributed by atoms with Gasteiger partial charge in [-0.3, -0.25) is 4.79 Å². The molecule has 0 aliphatic heterocycles. The highest BCUT2D eigenvalue weighted by molar-refractivity contribution is 5.42. The van der Waals surface area contributed by atoms with Crippen molar-refractivity contribution in [2.24, 2.45) is 16.6 Å². The minimum Gasteiger partial charge on any atom is -0.372 e. The number of amides is 1. The molecular weight excluding hydrogens is 188 g/mol. The monoisotopic (exact) mass is 216 g/mol. The van der Waals surface area contributed by atoms with E-state index in [1.165, 1.54) is 12.8 Å². The summed E-state index contributed by atoms with van der Waals surface area (Å²) in [5, 5.41) is 3.25. The van der Waals surface area contributed by atoms with Crippen molar-refractivity contribution in [3.63, 3.8) is 0 Å². The van der Waals surface area contributed by atoms with E-state index in [0.717, 1.165) is 6.54 Å². The Morgan fingerprint density at radius 3 is 1.87 bits per heavy atom. The minimum atomic E-state index is 0.250. The van der Waals surface area contributed by atoms with Crippen LogP contribution in [-0.4, -0.2) is 20.0 Å².